The number of hydroxylamine groups is 2. The number of rotatable bonds is 6. The maximum Gasteiger partial charge on any atom is 0.269 e. The molecule has 9 heteroatoms. The quantitative estimate of drug-likeness (QED) is 0.430. The van der Waals surface area contributed by atoms with E-state index in [-0.39, 0.29) is 30.0 Å². The SMILES string of the molecule is CSCON1C(=O)CN(C(=O)c2ccccc2)C1c1cccc([N+](=O)[O-])c1. The molecule has 0 radical (unpaired) electrons. The van der Waals surface area contributed by atoms with Crippen LogP contribution >= 0.6 is 11.8 Å². The molecule has 0 spiro atoms. The van der Waals surface area contributed by atoms with Crippen molar-refractivity contribution >= 4 is 29.3 Å². The first-order valence-electron chi connectivity index (χ1n) is 8.07. The predicted molar refractivity (Wildman–Crippen MR) is 99.6 cm³/mol. The highest BCUT2D eigenvalue weighted by Crippen LogP contribution is 2.34. The smallest absolute Gasteiger partial charge is 0.269 e. The van der Waals surface area contributed by atoms with Crippen molar-refractivity contribution < 1.29 is 19.3 Å². The van der Waals surface area contributed by atoms with Gasteiger partial charge in [-0.05, 0) is 18.4 Å². The van der Waals surface area contributed by atoms with Crippen molar-refractivity contribution in [2.24, 2.45) is 0 Å². The van der Waals surface area contributed by atoms with Crippen molar-refractivity contribution in [2.75, 3.05) is 18.7 Å². The maximum atomic E-state index is 13.0. The Morgan fingerprint density at radius 1 is 1.26 bits per heavy atom. The van der Waals surface area contributed by atoms with E-state index >= 15 is 0 Å². The summed E-state index contributed by atoms with van der Waals surface area (Å²) in [6.07, 6.45) is 0.938. The minimum absolute atomic E-state index is 0.122. The molecule has 2 amide bonds. The lowest BCUT2D eigenvalue weighted by Gasteiger charge is -2.29. The molecule has 0 bridgehead atoms. The lowest BCUT2D eigenvalue weighted by atomic mass is 10.1. The van der Waals surface area contributed by atoms with Gasteiger partial charge in [-0.25, -0.2) is 0 Å². The van der Waals surface area contributed by atoms with Gasteiger partial charge in [-0.3, -0.25) is 24.5 Å². The Morgan fingerprint density at radius 2 is 2.00 bits per heavy atom. The Morgan fingerprint density at radius 3 is 2.67 bits per heavy atom. The third kappa shape index (κ3) is 3.93. The predicted octanol–water partition coefficient (Wildman–Crippen LogP) is 2.83. The van der Waals surface area contributed by atoms with Gasteiger partial charge in [0, 0.05) is 23.3 Å². The number of amides is 2. The van der Waals surface area contributed by atoms with Crippen LogP contribution in [0.3, 0.4) is 0 Å². The van der Waals surface area contributed by atoms with E-state index < -0.39 is 11.1 Å². The molecule has 1 aliphatic heterocycles. The Bertz CT molecular complexity index is 861. The lowest BCUT2D eigenvalue weighted by Crippen LogP contribution is -2.35. The molecule has 1 atom stereocenters. The summed E-state index contributed by atoms with van der Waals surface area (Å²) in [5, 5.41) is 12.3. The number of benzene rings is 2. The van der Waals surface area contributed by atoms with Gasteiger partial charge in [-0.15, -0.1) is 11.8 Å². The first-order chi connectivity index (χ1) is 13.0. The summed E-state index contributed by atoms with van der Waals surface area (Å²) in [7, 11) is 0. The maximum absolute atomic E-state index is 13.0. The van der Waals surface area contributed by atoms with Crippen LogP contribution in [0.15, 0.2) is 54.6 Å². The molecular weight excluding hydrogens is 370 g/mol. The molecule has 1 aliphatic rings. The normalized spacial score (nSPS) is 16.6. The molecule has 1 saturated heterocycles. The van der Waals surface area contributed by atoms with Gasteiger partial charge in [-0.2, -0.15) is 5.06 Å². The van der Waals surface area contributed by atoms with E-state index in [0.29, 0.717) is 11.1 Å². The van der Waals surface area contributed by atoms with Gasteiger partial charge in [-0.1, -0.05) is 30.3 Å². The van der Waals surface area contributed by atoms with Crippen molar-refractivity contribution in [1.29, 1.82) is 0 Å². The average Bonchev–Trinajstić information content (AvgIpc) is 3.02. The van der Waals surface area contributed by atoms with Gasteiger partial charge in [0.15, 0.2) is 6.17 Å². The summed E-state index contributed by atoms with van der Waals surface area (Å²) in [4.78, 5) is 43.0. The van der Waals surface area contributed by atoms with E-state index in [9.17, 15) is 19.7 Å². The first kappa shape index (κ1) is 18.9. The first-order valence-corrected chi connectivity index (χ1v) is 9.46. The van der Waals surface area contributed by atoms with Crippen LogP contribution in [0.4, 0.5) is 5.69 Å². The molecule has 0 saturated carbocycles. The molecule has 140 valence electrons. The molecule has 1 heterocycles. The number of nitro groups is 1. The standard InChI is InChI=1S/C18H17N3O5S/c1-27-12-26-20-16(22)11-19(18(23)13-6-3-2-4-7-13)17(20)14-8-5-9-15(10-14)21(24)25/h2-10,17H,11-12H2,1H3. The summed E-state index contributed by atoms with van der Waals surface area (Å²) in [5.74, 6) is -0.523. The fraction of sp³-hybridized carbons (Fsp3) is 0.222. The van der Waals surface area contributed by atoms with E-state index in [4.69, 9.17) is 4.84 Å². The Kier molecular flexibility index (Phi) is 5.72. The van der Waals surface area contributed by atoms with Gasteiger partial charge in [0.1, 0.15) is 12.5 Å². The Labute approximate surface area is 159 Å². The van der Waals surface area contributed by atoms with Crippen LogP contribution in [-0.4, -0.2) is 45.4 Å². The van der Waals surface area contributed by atoms with Gasteiger partial charge >= 0.3 is 0 Å². The molecular formula is C18H17N3O5S. The molecule has 0 aromatic heterocycles. The topological polar surface area (TPSA) is 93.0 Å². The van der Waals surface area contributed by atoms with E-state index in [1.54, 1.807) is 36.4 Å². The second kappa shape index (κ2) is 8.19. The van der Waals surface area contributed by atoms with Crippen LogP contribution in [0.5, 0.6) is 0 Å². The monoisotopic (exact) mass is 387 g/mol. The van der Waals surface area contributed by atoms with E-state index in [1.165, 1.54) is 34.9 Å². The van der Waals surface area contributed by atoms with Crippen molar-refractivity contribution in [3.05, 3.63) is 75.8 Å². The number of carbonyl (C=O) groups excluding carboxylic acids is 2. The van der Waals surface area contributed by atoms with Crippen LogP contribution in [0, 0.1) is 10.1 Å². The van der Waals surface area contributed by atoms with Gasteiger partial charge < -0.3 is 4.90 Å². The molecule has 2 aromatic carbocycles. The number of nitrogens with zero attached hydrogens (tertiary/aromatic N) is 3. The number of non-ortho nitro benzene ring substituents is 1. The highest BCUT2D eigenvalue weighted by atomic mass is 32.2. The van der Waals surface area contributed by atoms with Gasteiger partial charge in [0.2, 0.25) is 0 Å². The van der Waals surface area contributed by atoms with Gasteiger partial charge in [0.25, 0.3) is 17.5 Å². The molecule has 0 N–H and O–H groups in total. The summed E-state index contributed by atoms with van der Waals surface area (Å²) < 4.78 is 0. The minimum Gasteiger partial charge on any atom is -0.302 e. The van der Waals surface area contributed by atoms with Crippen LogP contribution in [0.2, 0.25) is 0 Å². The third-order valence-electron chi connectivity index (χ3n) is 4.04. The van der Waals surface area contributed by atoms with Crippen molar-refractivity contribution in [2.45, 2.75) is 6.17 Å². The fourth-order valence-corrected chi connectivity index (χ4v) is 3.08. The van der Waals surface area contributed by atoms with Crippen LogP contribution in [-0.2, 0) is 9.63 Å². The molecule has 2 aromatic rings. The summed E-state index contributed by atoms with van der Waals surface area (Å²) >= 11 is 1.37. The lowest BCUT2D eigenvalue weighted by molar-refractivity contribution is -0.385. The molecule has 3 rings (SSSR count). The number of hydrogen-bond donors (Lipinski definition) is 0. The average molecular weight is 387 g/mol. The van der Waals surface area contributed by atoms with Crippen LogP contribution < -0.4 is 0 Å². The van der Waals surface area contributed by atoms with Crippen LogP contribution in [0.25, 0.3) is 0 Å². The van der Waals surface area contributed by atoms with Crippen LogP contribution in [0.1, 0.15) is 22.1 Å². The number of hydrogen-bond acceptors (Lipinski definition) is 6. The summed E-state index contributed by atoms with van der Waals surface area (Å²) in [5.41, 5.74) is 0.733. The van der Waals surface area contributed by atoms with Crippen molar-refractivity contribution in [3.63, 3.8) is 0 Å². The molecule has 0 aliphatic carbocycles. The second-order valence-electron chi connectivity index (χ2n) is 5.78. The zero-order valence-electron chi connectivity index (χ0n) is 14.5. The summed E-state index contributed by atoms with van der Waals surface area (Å²) in [6, 6.07) is 14.4. The van der Waals surface area contributed by atoms with E-state index in [2.05, 4.69) is 0 Å². The summed E-state index contributed by atoms with van der Waals surface area (Å²) in [6.45, 7) is -0.171. The third-order valence-corrected chi connectivity index (χ3v) is 4.38. The highest BCUT2D eigenvalue weighted by Gasteiger charge is 2.43. The van der Waals surface area contributed by atoms with Crippen molar-refractivity contribution in [1.82, 2.24) is 9.96 Å². The molecule has 8 nitrogen and oxygen atoms in total. The Hall–Kier alpha value is -2.91. The van der Waals surface area contributed by atoms with E-state index in [0.717, 1.165) is 5.06 Å². The molecule has 27 heavy (non-hydrogen) atoms. The van der Waals surface area contributed by atoms with E-state index in [1.807, 2.05) is 6.26 Å². The zero-order valence-corrected chi connectivity index (χ0v) is 15.3. The highest BCUT2D eigenvalue weighted by molar-refractivity contribution is 7.98. The zero-order chi connectivity index (χ0) is 19.4. The minimum atomic E-state index is -0.878. The fourth-order valence-electron chi connectivity index (χ4n) is 2.86. The second-order valence-corrected chi connectivity index (χ2v) is 6.59. The number of nitro benzene ring substituents is 1. The van der Waals surface area contributed by atoms with Gasteiger partial charge in [0.05, 0.1) is 4.92 Å². The Balaban J connectivity index is 2.01. The number of thioether (sulfide) groups is 1. The van der Waals surface area contributed by atoms with Crippen molar-refractivity contribution in [3.8, 4) is 0 Å². The number of carbonyl (C=O) groups is 2. The molecule has 1 fully saturated rings. The molecule has 1 unspecified atom stereocenters. The largest absolute Gasteiger partial charge is 0.302 e.